The number of nitrogens with one attached hydrogen (secondary N) is 1. The summed E-state index contributed by atoms with van der Waals surface area (Å²) in [4.78, 5) is 15.2. The Hall–Kier alpha value is -2.53. The average Bonchev–Trinajstić information content (AvgIpc) is 3.04. The monoisotopic (exact) mass is 396 g/mol. The van der Waals surface area contributed by atoms with Crippen molar-refractivity contribution in [1.29, 1.82) is 0 Å². The molecule has 1 unspecified atom stereocenters. The molecule has 2 aromatic carbocycles. The molecule has 0 radical (unpaired) electrons. The molecule has 5 heteroatoms. The normalized spacial score (nSPS) is 15.9. The van der Waals surface area contributed by atoms with E-state index in [2.05, 4.69) is 22.3 Å². The molecule has 1 atom stereocenters. The predicted octanol–water partition coefficient (Wildman–Crippen LogP) is 4.44. The van der Waals surface area contributed by atoms with E-state index in [9.17, 15) is 4.79 Å². The molecule has 2 aromatic rings. The van der Waals surface area contributed by atoms with Crippen molar-refractivity contribution in [3.05, 3.63) is 59.7 Å². The zero-order chi connectivity index (χ0) is 20.5. The summed E-state index contributed by atoms with van der Waals surface area (Å²) in [5.74, 6) is 1.58. The van der Waals surface area contributed by atoms with E-state index in [1.807, 2.05) is 43.3 Å². The third-order valence-corrected chi connectivity index (χ3v) is 5.47. The molecule has 1 amide bonds. The van der Waals surface area contributed by atoms with Gasteiger partial charge in [-0.1, -0.05) is 25.0 Å². The Morgan fingerprint density at radius 2 is 1.59 bits per heavy atom. The van der Waals surface area contributed by atoms with Crippen LogP contribution in [0.15, 0.2) is 48.5 Å². The second kappa shape index (κ2) is 10.9. The quantitative estimate of drug-likeness (QED) is 0.717. The first-order valence-corrected chi connectivity index (χ1v) is 10.6. The van der Waals surface area contributed by atoms with Crippen LogP contribution in [-0.4, -0.2) is 44.2 Å². The lowest BCUT2D eigenvalue weighted by atomic mass is 10.0. The summed E-state index contributed by atoms with van der Waals surface area (Å²) >= 11 is 0. The van der Waals surface area contributed by atoms with E-state index < -0.39 is 0 Å². The Labute approximate surface area is 174 Å². The van der Waals surface area contributed by atoms with Gasteiger partial charge >= 0.3 is 0 Å². The topological polar surface area (TPSA) is 50.8 Å². The number of carbonyl (C=O) groups is 1. The number of likely N-dealkylation sites (tertiary alicyclic amines) is 1. The highest BCUT2D eigenvalue weighted by Crippen LogP contribution is 2.26. The summed E-state index contributed by atoms with van der Waals surface area (Å²) < 4.78 is 10.8. The Balaban J connectivity index is 1.70. The molecule has 5 nitrogen and oxygen atoms in total. The van der Waals surface area contributed by atoms with Crippen LogP contribution in [0.2, 0.25) is 0 Å². The molecule has 0 aliphatic carbocycles. The second-order valence-electron chi connectivity index (χ2n) is 7.41. The summed E-state index contributed by atoms with van der Waals surface area (Å²) in [5, 5.41) is 3.14. The van der Waals surface area contributed by atoms with Crippen molar-refractivity contribution in [1.82, 2.24) is 10.2 Å². The zero-order valence-electron chi connectivity index (χ0n) is 17.5. The first-order valence-electron chi connectivity index (χ1n) is 10.6. The van der Waals surface area contributed by atoms with E-state index in [-0.39, 0.29) is 11.9 Å². The fourth-order valence-electron chi connectivity index (χ4n) is 3.85. The van der Waals surface area contributed by atoms with Gasteiger partial charge in [-0.25, -0.2) is 0 Å². The number of ether oxygens (including phenoxy) is 2. The average molecular weight is 397 g/mol. The van der Waals surface area contributed by atoms with Crippen LogP contribution in [0.4, 0.5) is 0 Å². The third kappa shape index (κ3) is 5.97. The van der Waals surface area contributed by atoms with Crippen molar-refractivity contribution in [3.8, 4) is 11.5 Å². The number of hydrogen-bond donors (Lipinski definition) is 1. The Morgan fingerprint density at radius 3 is 2.17 bits per heavy atom. The lowest BCUT2D eigenvalue weighted by Gasteiger charge is -2.31. The van der Waals surface area contributed by atoms with Gasteiger partial charge in [0.25, 0.3) is 5.91 Å². The fourth-order valence-corrected chi connectivity index (χ4v) is 3.85. The molecule has 0 bridgehead atoms. The summed E-state index contributed by atoms with van der Waals surface area (Å²) in [6, 6.07) is 15.7. The molecule has 1 fully saturated rings. The van der Waals surface area contributed by atoms with E-state index in [0.717, 1.165) is 24.6 Å². The van der Waals surface area contributed by atoms with Gasteiger partial charge in [0.2, 0.25) is 0 Å². The molecule has 1 aliphatic rings. The lowest BCUT2D eigenvalue weighted by molar-refractivity contribution is 0.0933. The fraction of sp³-hybridized carbons (Fsp3) is 0.458. The van der Waals surface area contributed by atoms with Crippen LogP contribution in [0.25, 0.3) is 0 Å². The molecular formula is C24H32N2O3. The van der Waals surface area contributed by atoms with Crippen LogP contribution in [0.5, 0.6) is 11.5 Å². The summed E-state index contributed by atoms with van der Waals surface area (Å²) in [6.07, 6.45) is 4.98. The lowest BCUT2D eigenvalue weighted by Crippen LogP contribution is -2.38. The highest BCUT2D eigenvalue weighted by molar-refractivity contribution is 5.94. The molecule has 1 N–H and O–H groups in total. The maximum Gasteiger partial charge on any atom is 0.251 e. The van der Waals surface area contributed by atoms with Crippen LogP contribution in [0.3, 0.4) is 0 Å². The molecule has 1 saturated heterocycles. The number of amides is 1. The summed E-state index contributed by atoms with van der Waals surface area (Å²) in [5.41, 5.74) is 1.86. The smallest absolute Gasteiger partial charge is 0.251 e. The van der Waals surface area contributed by atoms with E-state index in [0.29, 0.717) is 18.7 Å². The molecule has 0 aromatic heterocycles. The summed E-state index contributed by atoms with van der Waals surface area (Å²) in [6.45, 7) is 5.28. The maximum atomic E-state index is 12.7. The number of rotatable bonds is 8. The van der Waals surface area contributed by atoms with Crippen molar-refractivity contribution in [2.75, 3.05) is 33.4 Å². The van der Waals surface area contributed by atoms with Crippen molar-refractivity contribution < 1.29 is 14.3 Å². The van der Waals surface area contributed by atoms with Gasteiger partial charge in [-0.15, -0.1) is 0 Å². The maximum absolute atomic E-state index is 12.7. The van der Waals surface area contributed by atoms with Crippen LogP contribution in [0.1, 0.15) is 54.6 Å². The largest absolute Gasteiger partial charge is 0.497 e. The van der Waals surface area contributed by atoms with Crippen LogP contribution >= 0.6 is 0 Å². The van der Waals surface area contributed by atoms with Gasteiger partial charge in [-0.3, -0.25) is 9.69 Å². The van der Waals surface area contributed by atoms with Crippen LogP contribution < -0.4 is 14.8 Å². The number of hydrogen-bond acceptors (Lipinski definition) is 4. The minimum absolute atomic E-state index is 0.0543. The van der Waals surface area contributed by atoms with Gasteiger partial charge in [0.05, 0.1) is 19.8 Å². The van der Waals surface area contributed by atoms with Crippen molar-refractivity contribution in [2.24, 2.45) is 0 Å². The Morgan fingerprint density at radius 1 is 0.966 bits per heavy atom. The van der Waals surface area contributed by atoms with Crippen molar-refractivity contribution >= 4 is 5.91 Å². The second-order valence-corrected chi connectivity index (χ2v) is 7.41. The number of methoxy groups -OCH3 is 1. The van der Waals surface area contributed by atoms with E-state index >= 15 is 0 Å². The standard InChI is InChI=1S/C24H32N2O3/c1-3-29-22-14-10-20(11-15-22)24(27)25-18-23(26-16-6-4-5-7-17-26)19-8-12-21(28-2)13-9-19/h8-15,23H,3-7,16-18H2,1-2H3,(H,25,27). The molecule has 29 heavy (non-hydrogen) atoms. The van der Waals surface area contributed by atoms with Gasteiger partial charge in [-0.2, -0.15) is 0 Å². The molecule has 3 rings (SSSR count). The van der Waals surface area contributed by atoms with Crippen molar-refractivity contribution in [2.45, 2.75) is 38.6 Å². The number of nitrogens with zero attached hydrogens (tertiary/aromatic N) is 1. The van der Waals surface area contributed by atoms with Gasteiger partial charge < -0.3 is 14.8 Å². The van der Waals surface area contributed by atoms with E-state index in [4.69, 9.17) is 9.47 Å². The molecule has 1 aliphatic heterocycles. The zero-order valence-corrected chi connectivity index (χ0v) is 17.5. The third-order valence-electron chi connectivity index (χ3n) is 5.47. The first kappa shape index (κ1) is 21.2. The Bertz CT molecular complexity index is 751. The highest BCUT2D eigenvalue weighted by Gasteiger charge is 2.22. The molecule has 156 valence electrons. The van der Waals surface area contributed by atoms with Crippen LogP contribution in [0, 0.1) is 0 Å². The molecule has 0 saturated carbocycles. The van der Waals surface area contributed by atoms with Gasteiger partial charge in [0.15, 0.2) is 0 Å². The molecule has 0 spiro atoms. The van der Waals surface area contributed by atoms with Crippen LogP contribution in [-0.2, 0) is 0 Å². The van der Waals surface area contributed by atoms with Crippen molar-refractivity contribution in [3.63, 3.8) is 0 Å². The Kier molecular flexibility index (Phi) is 7.94. The highest BCUT2D eigenvalue weighted by atomic mass is 16.5. The summed E-state index contributed by atoms with van der Waals surface area (Å²) in [7, 11) is 1.68. The first-order chi connectivity index (χ1) is 14.2. The SMILES string of the molecule is CCOc1ccc(C(=O)NCC(c2ccc(OC)cc2)N2CCCCCC2)cc1. The van der Waals surface area contributed by atoms with Gasteiger partial charge in [0, 0.05) is 12.1 Å². The molecular weight excluding hydrogens is 364 g/mol. The molecule has 1 heterocycles. The number of benzene rings is 2. The van der Waals surface area contributed by atoms with Gasteiger partial charge in [0.1, 0.15) is 11.5 Å². The minimum Gasteiger partial charge on any atom is -0.497 e. The van der Waals surface area contributed by atoms with E-state index in [1.54, 1.807) is 7.11 Å². The van der Waals surface area contributed by atoms with E-state index in [1.165, 1.54) is 31.2 Å². The predicted molar refractivity (Wildman–Crippen MR) is 116 cm³/mol. The number of carbonyl (C=O) groups excluding carboxylic acids is 1. The van der Waals surface area contributed by atoms with Gasteiger partial charge in [-0.05, 0) is 74.8 Å². The minimum atomic E-state index is -0.0543.